The van der Waals surface area contributed by atoms with Gasteiger partial charge in [0.2, 0.25) is 0 Å². The van der Waals surface area contributed by atoms with E-state index in [0.29, 0.717) is 17.1 Å². The van der Waals surface area contributed by atoms with Crippen LogP contribution in [0.3, 0.4) is 0 Å². The summed E-state index contributed by atoms with van der Waals surface area (Å²) in [6.45, 7) is 1.61. The molecule has 3 N–H and O–H groups in total. The van der Waals surface area contributed by atoms with E-state index in [1.54, 1.807) is 6.92 Å². The van der Waals surface area contributed by atoms with E-state index in [9.17, 15) is 13.2 Å². The van der Waals surface area contributed by atoms with Gasteiger partial charge in [-0.3, -0.25) is 15.8 Å². The molecule has 8 heteroatoms. The summed E-state index contributed by atoms with van der Waals surface area (Å²) in [5, 5.41) is 5.13. The van der Waals surface area contributed by atoms with Crippen LogP contribution in [0.5, 0.6) is 0 Å². The molecule has 0 spiro atoms. The Morgan fingerprint density at radius 3 is 2.52 bits per heavy atom. The number of alkyl halides is 3. The van der Waals surface area contributed by atoms with Crippen molar-refractivity contribution in [3.05, 3.63) is 70.6 Å². The lowest BCUT2D eigenvalue weighted by molar-refractivity contribution is -0.137. The van der Waals surface area contributed by atoms with Gasteiger partial charge >= 0.3 is 6.18 Å². The molecule has 2 rings (SSSR count). The highest BCUT2D eigenvalue weighted by Crippen LogP contribution is 2.31. The van der Waals surface area contributed by atoms with Crippen LogP contribution in [0.15, 0.2) is 58.9 Å². The number of hydrazine groups is 1. The number of hydrogen-bond donors (Lipinski definition) is 3. The second-order valence-electron chi connectivity index (χ2n) is 5.55. The third-order valence-electron chi connectivity index (χ3n) is 3.62. The molecule has 0 heterocycles. The first-order chi connectivity index (χ1) is 12.9. The van der Waals surface area contributed by atoms with Crippen molar-refractivity contribution < 1.29 is 13.2 Å². The van der Waals surface area contributed by atoms with E-state index in [1.165, 1.54) is 24.2 Å². The van der Waals surface area contributed by atoms with Gasteiger partial charge in [-0.2, -0.15) is 13.2 Å². The summed E-state index contributed by atoms with van der Waals surface area (Å²) >= 11 is 1.52. The minimum Gasteiger partial charge on any atom is -0.387 e. The van der Waals surface area contributed by atoms with Crippen LogP contribution in [0.1, 0.15) is 16.7 Å². The molecule has 4 nitrogen and oxygen atoms in total. The molecule has 144 valence electrons. The normalized spacial score (nSPS) is 12.3. The maximum absolute atomic E-state index is 12.6. The Morgan fingerprint density at radius 2 is 1.89 bits per heavy atom. The van der Waals surface area contributed by atoms with Crippen LogP contribution in [-0.2, 0) is 6.18 Å². The topological polar surface area (TPSA) is 48.5 Å². The average Bonchev–Trinajstić information content (AvgIpc) is 2.65. The molecule has 0 aliphatic rings. The Balaban J connectivity index is 1.79. The average molecular weight is 394 g/mol. The Kier molecular flexibility index (Phi) is 7.60. The lowest BCUT2D eigenvalue weighted by atomic mass is 10.1. The summed E-state index contributed by atoms with van der Waals surface area (Å²) < 4.78 is 37.9. The maximum Gasteiger partial charge on any atom is 0.416 e. The number of thioether (sulfide) groups is 1. The van der Waals surface area contributed by atoms with Crippen LogP contribution in [0.4, 0.5) is 18.9 Å². The number of aliphatic imine (C=N–C) groups is 1. The van der Waals surface area contributed by atoms with Crippen LogP contribution < -0.4 is 16.2 Å². The predicted octanol–water partition coefficient (Wildman–Crippen LogP) is 4.87. The molecule has 0 amide bonds. The van der Waals surface area contributed by atoms with Gasteiger partial charge in [-0.05, 0) is 41.7 Å². The van der Waals surface area contributed by atoms with E-state index in [-0.39, 0.29) is 0 Å². The number of nitrogens with zero attached hydrogens (tertiary/aromatic N) is 1. The summed E-state index contributed by atoms with van der Waals surface area (Å²) in [6, 6.07) is 13.5. The summed E-state index contributed by atoms with van der Waals surface area (Å²) in [6.07, 6.45) is -2.87. The minimum absolute atomic E-state index is 0.490. The Hall–Kier alpha value is -2.61. The van der Waals surface area contributed by atoms with Crippen LogP contribution in [0, 0.1) is 6.92 Å². The van der Waals surface area contributed by atoms with E-state index in [4.69, 9.17) is 0 Å². The van der Waals surface area contributed by atoms with Gasteiger partial charge in [0.1, 0.15) is 6.34 Å². The summed E-state index contributed by atoms with van der Waals surface area (Å²) in [7, 11) is 1.86. The number of benzene rings is 2. The number of nitrogens with one attached hydrogen (secondary N) is 3. The van der Waals surface area contributed by atoms with Gasteiger partial charge in [0.05, 0.1) is 17.1 Å². The van der Waals surface area contributed by atoms with Gasteiger partial charge in [0, 0.05) is 12.7 Å². The molecule has 2 aromatic rings. The molecule has 0 unspecified atom stereocenters. The largest absolute Gasteiger partial charge is 0.416 e. The zero-order valence-electron chi connectivity index (χ0n) is 15.0. The van der Waals surface area contributed by atoms with E-state index >= 15 is 0 Å². The molecule has 0 bridgehead atoms. The molecule has 0 radical (unpaired) electrons. The molecular weight excluding hydrogens is 373 g/mol. The highest BCUT2D eigenvalue weighted by atomic mass is 32.2. The summed E-state index contributed by atoms with van der Waals surface area (Å²) in [5.41, 5.74) is 8.06. The number of anilines is 1. The van der Waals surface area contributed by atoms with Crippen molar-refractivity contribution in [2.45, 2.75) is 13.1 Å². The van der Waals surface area contributed by atoms with Crippen molar-refractivity contribution in [3.63, 3.8) is 0 Å². The molecule has 0 fully saturated rings. The van der Waals surface area contributed by atoms with E-state index < -0.39 is 11.7 Å². The maximum atomic E-state index is 12.6. The number of rotatable bonds is 8. The molecule has 0 aromatic heterocycles. The predicted molar refractivity (Wildman–Crippen MR) is 107 cm³/mol. The molecule has 0 aliphatic carbocycles. The van der Waals surface area contributed by atoms with Crippen molar-refractivity contribution >= 4 is 29.5 Å². The van der Waals surface area contributed by atoms with E-state index in [0.717, 1.165) is 23.4 Å². The highest BCUT2D eigenvalue weighted by molar-refractivity contribution is 8.02. The number of halogens is 3. The van der Waals surface area contributed by atoms with Gasteiger partial charge in [0.15, 0.2) is 0 Å². The fraction of sp³-hybridized carbons (Fsp3) is 0.211. The Bertz CT molecular complexity index is 789. The van der Waals surface area contributed by atoms with Crippen molar-refractivity contribution in [1.29, 1.82) is 0 Å². The third kappa shape index (κ3) is 6.56. The monoisotopic (exact) mass is 394 g/mol. The fourth-order valence-corrected chi connectivity index (χ4v) is 2.88. The highest BCUT2D eigenvalue weighted by Gasteiger charge is 2.30. The van der Waals surface area contributed by atoms with Gasteiger partial charge in [0.25, 0.3) is 0 Å². The van der Waals surface area contributed by atoms with Crippen molar-refractivity contribution in [2.24, 2.45) is 4.99 Å². The zero-order chi connectivity index (χ0) is 19.7. The smallest absolute Gasteiger partial charge is 0.387 e. The quantitative estimate of drug-likeness (QED) is 0.259. The minimum atomic E-state index is -4.34. The molecule has 27 heavy (non-hydrogen) atoms. The molecule has 0 saturated heterocycles. The zero-order valence-corrected chi connectivity index (χ0v) is 15.8. The number of hydrogen-bond acceptors (Lipinski definition) is 4. The van der Waals surface area contributed by atoms with Crippen LogP contribution >= 0.6 is 11.8 Å². The summed E-state index contributed by atoms with van der Waals surface area (Å²) in [4.78, 5) is 4.18. The van der Waals surface area contributed by atoms with E-state index in [1.807, 2.05) is 42.8 Å². The first-order valence-electron chi connectivity index (χ1n) is 8.14. The second-order valence-corrected chi connectivity index (χ2v) is 6.38. The van der Waals surface area contributed by atoms with Crippen molar-refractivity contribution in [3.8, 4) is 0 Å². The lowest BCUT2D eigenvalue weighted by Crippen LogP contribution is -2.20. The van der Waals surface area contributed by atoms with Crippen LogP contribution in [0.25, 0.3) is 5.70 Å². The standard InChI is InChI=1S/C19H21F3N4S/c1-14-10-16(19(20,21)22)8-9-17(14)26-25-12-24-13-27-11-18(23-2)15-6-4-3-5-7-15/h3-12,23,26H,13H2,1-2H3,(H,24,25)/b18-11-. The van der Waals surface area contributed by atoms with Gasteiger partial charge in [-0.25, -0.2) is 0 Å². The molecular formula is C19H21F3N4S. The fourth-order valence-electron chi connectivity index (χ4n) is 2.23. The van der Waals surface area contributed by atoms with Gasteiger partial charge in [-0.1, -0.05) is 30.3 Å². The van der Waals surface area contributed by atoms with Gasteiger partial charge < -0.3 is 5.32 Å². The second kappa shape index (κ2) is 9.91. The molecule has 0 aliphatic heterocycles. The number of aryl methyl sites for hydroxylation is 1. The third-order valence-corrected chi connectivity index (χ3v) is 4.32. The lowest BCUT2D eigenvalue weighted by Gasteiger charge is -2.12. The SMILES string of the molecule is CN/C(=C\SC/N=C/NNc1ccc(C(F)(F)F)cc1C)c1ccccc1. The molecule has 0 saturated carbocycles. The first-order valence-corrected chi connectivity index (χ1v) is 9.19. The van der Waals surface area contributed by atoms with Crippen molar-refractivity contribution in [1.82, 2.24) is 10.7 Å². The Labute approximate surface area is 160 Å². The van der Waals surface area contributed by atoms with Crippen molar-refractivity contribution in [2.75, 3.05) is 18.4 Å². The Morgan fingerprint density at radius 1 is 1.15 bits per heavy atom. The van der Waals surface area contributed by atoms with Gasteiger partial charge in [-0.15, -0.1) is 11.8 Å². The molecule has 2 aromatic carbocycles. The van der Waals surface area contributed by atoms with Crippen LogP contribution in [0.2, 0.25) is 0 Å². The van der Waals surface area contributed by atoms with E-state index in [2.05, 4.69) is 21.2 Å². The van der Waals surface area contributed by atoms with Crippen LogP contribution in [-0.4, -0.2) is 19.3 Å². The summed E-state index contributed by atoms with van der Waals surface area (Å²) in [5.74, 6) is 0.499. The first kappa shape index (κ1) is 20.7. The molecule has 0 atom stereocenters.